The smallest absolute Gasteiger partial charge is 0.414 e. The van der Waals surface area contributed by atoms with Crippen LogP contribution in [0.15, 0.2) is 78.9 Å². The van der Waals surface area contributed by atoms with Gasteiger partial charge in [0.05, 0.1) is 10.6 Å². The molecule has 1 aromatic heterocycles. The first kappa shape index (κ1) is 21.0. The van der Waals surface area contributed by atoms with Crippen LogP contribution in [0.2, 0.25) is 0 Å². The van der Waals surface area contributed by atoms with Gasteiger partial charge in [0.25, 0.3) is 0 Å². The van der Waals surface area contributed by atoms with Gasteiger partial charge in [-0.3, -0.25) is 10.3 Å². The van der Waals surface area contributed by atoms with Crippen molar-refractivity contribution in [1.82, 2.24) is 0 Å². The lowest BCUT2D eigenvalue weighted by atomic mass is 10.1. The van der Waals surface area contributed by atoms with Crippen molar-refractivity contribution in [3.63, 3.8) is 0 Å². The highest BCUT2D eigenvalue weighted by atomic mass is 32.1. The van der Waals surface area contributed by atoms with Gasteiger partial charge in [-0.15, -0.1) is 11.3 Å². The number of nitrogen functional groups attached to an aromatic ring is 1. The van der Waals surface area contributed by atoms with Gasteiger partial charge in [0.1, 0.15) is 18.2 Å². The molecule has 1 atom stereocenters. The van der Waals surface area contributed by atoms with Crippen LogP contribution in [-0.2, 0) is 11.2 Å². The third-order valence-electron chi connectivity index (χ3n) is 5.69. The fourth-order valence-corrected chi connectivity index (χ4v) is 4.98. The number of carbonyl (C=O) groups excluding carboxylic acids is 1. The van der Waals surface area contributed by atoms with E-state index in [-0.39, 0.29) is 18.5 Å². The third kappa shape index (κ3) is 4.27. The van der Waals surface area contributed by atoms with Crippen molar-refractivity contribution in [2.45, 2.75) is 12.5 Å². The molecule has 4 aromatic rings. The van der Waals surface area contributed by atoms with Crippen LogP contribution in [0.1, 0.15) is 22.1 Å². The van der Waals surface area contributed by atoms with Gasteiger partial charge in [-0.1, -0.05) is 54.6 Å². The lowest BCUT2D eigenvalue weighted by Crippen LogP contribution is -2.31. The second kappa shape index (κ2) is 8.96. The highest BCUT2D eigenvalue weighted by molar-refractivity contribution is 7.20. The highest BCUT2D eigenvalue weighted by Crippen LogP contribution is 2.35. The Kier molecular flexibility index (Phi) is 5.71. The molecule has 3 N–H and O–H groups in total. The maximum absolute atomic E-state index is 12.9. The van der Waals surface area contributed by atoms with Gasteiger partial charge >= 0.3 is 6.09 Å². The van der Waals surface area contributed by atoms with E-state index in [1.165, 1.54) is 11.3 Å². The fraction of sp³-hybridized carbons (Fsp3) is 0.154. The standard InChI is InChI=1S/C26H23N3O3S/c27-25(28)24-15-19-21(11-6-12-23(19)33-24)32-22(18-8-2-1-3-9-18)16-31-26(30)29-14-13-17-7-4-5-10-20(17)29/h1-12,15,22H,13-14,16H2,(H3,27,28). The molecule has 1 aliphatic heterocycles. The predicted molar refractivity (Wildman–Crippen MR) is 131 cm³/mol. The third-order valence-corrected chi connectivity index (χ3v) is 6.83. The molecule has 0 saturated carbocycles. The molecule has 1 aliphatic rings. The van der Waals surface area contributed by atoms with Crippen LogP contribution < -0.4 is 15.4 Å². The summed E-state index contributed by atoms with van der Waals surface area (Å²) < 4.78 is 13.1. The summed E-state index contributed by atoms with van der Waals surface area (Å²) in [6.45, 7) is 0.679. The first-order valence-electron chi connectivity index (χ1n) is 10.7. The van der Waals surface area contributed by atoms with Gasteiger partial charge in [-0.25, -0.2) is 4.79 Å². The van der Waals surface area contributed by atoms with Crippen LogP contribution in [0, 0.1) is 5.41 Å². The van der Waals surface area contributed by atoms with Crippen molar-refractivity contribution in [1.29, 1.82) is 5.41 Å². The summed E-state index contributed by atoms with van der Waals surface area (Å²) in [6, 6.07) is 25.2. The Morgan fingerprint density at radius 1 is 1.06 bits per heavy atom. The molecule has 6 nitrogen and oxygen atoms in total. The summed E-state index contributed by atoms with van der Waals surface area (Å²) in [4.78, 5) is 15.3. The number of para-hydroxylation sites is 1. The average Bonchev–Trinajstić information content (AvgIpc) is 3.47. The monoisotopic (exact) mass is 457 g/mol. The Balaban J connectivity index is 1.38. The van der Waals surface area contributed by atoms with Crippen molar-refractivity contribution < 1.29 is 14.3 Å². The number of carbonyl (C=O) groups is 1. The summed E-state index contributed by atoms with van der Waals surface area (Å²) in [5.41, 5.74) is 8.65. The van der Waals surface area contributed by atoms with Gasteiger partial charge in [-0.05, 0) is 41.8 Å². The second-order valence-electron chi connectivity index (χ2n) is 7.82. The molecule has 0 saturated heterocycles. The lowest BCUT2D eigenvalue weighted by molar-refractivity contribution is 0.0871. The fourth-order valence-electron chi connectivity index (χ4n) is 4.04. The van der Waals surface area contributed by atoms with E-state index in [4.69, 9.17) is 20.6 Å². The van der Waals surface area contributed by atoms with E-state index in [0.717, 1.165) is 33.3 Å². The number of anilines is 1. The molecule has 3 aromatic carbocycles. The van der Waals surface area contributed by atoms with Crippen molar-refractivity contribution in [2.24, 2.45) is 5.73 Å². The Morgan fingerprint density at radius 3 is 2.67 bits per heavy atom. The van der Waals surface area contributed by atoms with E-state index in [1.807, 2.05) is 78.9 Å². The topological polar surface area (TPSA) is 88.6 Å². The highest BCUT2D eigenvalue weighted by Gasteiger charge is 2.27. The number of nitrogens with one attached hydrogen (secondary N) is 1. The van der Waals surface area contributed by atoms with Crippen molar-refractivity contribution in [3.05, 3.63) is 94.9 Å². The van der Waals surface area contributed by atoms with E-state index in [0.29, 0.717) is 17.2 Å². The molecule has 0 spiro atoms. The van der Waals surface area contributed by atoms with Crippen molar-refractivity contribution in [3.8, 4) is 5.75 Å². The van der Waals surface area contributed by atoms with Gasteiger partial charge in [0.2, 0.25) is 0 Å². The summed E-state index contributed by atoms with van der Waals surface area (Å²) >= 11 is 1.45. The van der Waals surface area contributed by atoms with Gasteiger partial charge < -0.3 is 15.2 Å². The minimum absolute atomic E-state index is 0.0292. The zero-order valence-corrected chi connectivity index (χ0v) is 18.7. The maximum Gasteiger partial charge on any atom is 0.414 e. The molecule has 0 bridgehead atoms. The second-order valence-corrected chi connectivity index (χ2v) is 8.90. The number of hydrogen-bond donors (Lipinski definition) is 2. The minimum Gasteiger partial charge on any atom is -0.481 e. The number of nitrogens with two attached hydrogens (primary N) is 1. The summed E-state index contributed by atoms with van der Waals surface area (Å²) in [5, 5.41) is 8.63. The average molecular weight is 458 g/mol. The molecular formula is C26H23N3O3S. The van der Waals surface area contributed by atoms with E-state index in [1.54, 1.807) is 4.90 Å². The molecule has 0 aliphatic carbocycles. The zero-order chi connectivity index (χ0) is 22.8. The minimum atomic E-state index is -0.487. The Labute approximate surface area is 195 Å². The molecule has 1 amide bonds. The van der Waals surface area contributed by atoms with Crippen LogP contribution in [0.3, 0.4) is 0 Å². The number of rotatable bonds is 6. The molecule has 5 rings (SSSR count). The predicted octanol–water partition coefficient (Wildman–Crippen LogP) is 5.50. The normalized spacial score (nSPS) is 13.5. The largest absolute Gasteiger partial charge is 0.481 e. The lowest BCUT2D eigenvalue weighted by Gasteiger charge is -2.22. The van der Waals surface area contributed by atoms with E-state index in [9.17, 15) is 4.79 Å². The first-order valence-corrected chi connectivity index (χ1v) is 11.5. The number of ether oxygens (including phenoxy) is 2. The number of benzene rings is 3. The van der Waals surface area contributed by atoms with E-state index < -0.39 is 6.10 Å². The number of fused-ring (bicyclic) bond motifs is 2. The molecule has 7 heteroatoms. The van der Waals surface area contributed by atoms with Crippen LogP contribution >= 0.6 is 11.3 Å². The van der Waals surface area contributed by atoms with Crippen molar-refractivity contribution in [2.75, 3.05) is 18.1 Å². The Bertz CT molecular complexity index is 1320. The summed E-state index contributed by atoms with van der Waals surface area (Å²) in [5.74, 6) is 0.689. The van der Waals surface area contributed by atoms with Gasteiger partial charge in [-0.2, -0.15) is 0 Å². The number of amides is 1. The molecule has 2 heterocycles. The number of hydrogen-bond acceptors (Lipinski definition) is 5. The first-order chi connectivity index (χ1) is 16.1. The number of amidine groups is 1. The molecular weight excluding hydrogens is 434 g/mol. The number of nitrogens with zero attached hydrogens (tertiary/aromatic N) is 1. The van der Waals surface area contributed by atoms with Crippen LogP contribution in [0.4, 0.5) is 10.5 Å². The van der Waals surface area contributed by atoms with E-state index >= 15 is 0 Å². The van der Waals surface area contributed by atoms with Crippen LogP contribution in [0.25, 0.3) is 10.1 Å². The quantitative estimate of drug-likeness (QED) is 0.295. The Hall–Kier alpha value is -3.84. The summed E-state index contributed by atoms with van der Waals surface area (Å²) in [6.07, 6.45) is -0.0425. The molecule has 33 heavy (non-hydrogen) atoms. The molecule has 0 radical (unpaired) electrons. The van der Waals surface area contributed by atoms with Crippen molar-refractivity contribution >= 4 is 39.0 Å². The molecule has 0 fully saturated rings. The van der Waals surface area contributed by atoms with Crippen LogP contribution in [0.5, 0.6) is 5.75 Å². The van der Waals surface area contributed by atoms with Crippen LogP contribution in [-0.4, -0.2) is 25.1 Å². The van der Waals surface area contributed by atoms with E-state index in [2.05, 4.69) is 0 Å². The van der Waals surface area contributed by atoms with Gasteiger partial charge in [0.15, 0.2) is 6.10 Å². The molecule has 1 unspecified atom stereocenters. The zero-order valence-electron chi connectivity index (χ0n) is 17.9. The number of thiophene rings is 1. The maximum atomic E-state index is 12.9. The van der Waals surface area contributed by atoms with Gasteiger partial charge in [0, 0.05) is 16.6 Å². The Morgan fingerprint density at radius 2 is 1.85 bits per heavy atom. The molecule has 166 valence electrons. The SMILES string of the molecule is N=C(N)c1cc2c(OC(COC(=O)N3CCc4ccccc43)c3ccccc3)cccc2s1. The summed E-state index contributed by atoms with van der Waals surface area (Å²) in [7, 11) is 0.